The highest BCUT2D eigenvalue weighted by molar-refractivity contribution is 6.30. The first-order chi connectivity index (χ1) is 12.6. The molecule has 144 valence electrons. The lowest BCUT2D eigenvalue weighted by molar-refractivity contribution is -0.128. The van der Waals surface area contributed by atoms with E-state index in [9.17, 15) is 4.79 Å². The van der Waals surface area contributed by atoms with Crippen molar-refractivity contribution in [3.05, 3.63) is 34.9 Å². The van der Waals surface area contributed by atoms with Gasteiger partial charge in [0.1, 0.15) is 0 Å². The van der Waals surface area contributed by atoms with Gasteiger partial charge in [-0.25, -0.2) is 0 Å². The molecule has 1 heterocycles. The molecule has 2 fully saturated rings. The second kappa shape index (κ2) is 9.20. The maximum Gasteiger partial charge on any atom is 0.230 e. The van der Waals surface area contributed by atoms with E-state index >= 15 is 0 Å². The zero-order chi connectivity index (χ0) is 18.4. The summed E-state index contributed by atoms with van der Waals surface area (Å²) < 4.78 is 0. The Labute approximate surface area is 162 Å². The molecule has 1 saturated carbocycles. The predicted octanol–water partition coefficient (Wildman–Crippen LogP) is 3.30. The lowest BCUT2D eigenvalue weighted by Gasteiger charge is -2.36. The van der Waals surface area contributed by atoms with Gasteiger partial charge in [0.15, 0.2) is 0 Å². The Morgan fingerprint density at radius 3 is 2.58 bits per heavy atom. The summed E-state index contributed by atoms with van der Waals surface area (Å²) in [6.45, 7) is 6.38. The fraction of sp³-hybridized carbons (Fsp3) is 0.667. The number of piperazine rings is 1. The number of hydrogen-bond donors (Lipinski definition) is 1. The van der Waals surface area contributed by atoms with Crippen LogP contribution in [0.2, 0.25) is 5.02 Å². The normalized spacial score (nSPS) is 21.5. The number of likely N-dealkylation sites (N-methyl/N-ethyl adjacent to an activating group) is 1. The van der Waals surface area contributed by atoms with Crippen LogP contribution in [0.5, 0.6) is 0 Å². The molecule has 0 radical (unpaired) electrons. The Hall–Kier alpha value is -1.10. The van der Waals surface area contributed by atoms with Gasteiger partial charge in [0.25, 0.3) is 0 Å². The van der Waals surface area contributed by atoms with Crippen LogP contribution < -0.4 is 5.32 Å². The van der Waals surface area contributed by atoms with Gasteiger partial charge in [0.05, 0.1) is 5.41 Å². The minimum atomic E-state index is -0.392. The van der Waals surface area contributed by atoms with E-state index in [1.165, 1.54) is 6.42 Å². The van der Waals surface area contributed by atoms with E-state index in [2.05, 4.69) is 28.2 Å². The summed E-state index contributed by atoms with van der Waals surface area (Å²) in [7, 11) is 2.18. The van der Waals surface area contributed by atoms with Gasteiger partial charge in [-0.2, -0.15) is 0 Å². The standard InChI is InChI=1S/C21H32ClN3O/c1-24-13-15-25(16-14-24)12-6-11-23-20(26)21(9-3-2-4-10-21)18-7-5-8-19(22)17-18/h5,7-8,17H,2-4,6,9-16H2,1H3,(H,23,26). The molecular formula is C21H32ClN3O. The minimum Gasteiger partial charge on any atom is -0.355 e. The third kappa shape index (κ3) is 4.79. The second-order valence-electron chi connectivity index (χ2n) is 7.91. The van der Waals surface area contributed by atoms with Gasteiger partial charge < -0.3 is 15.1 Å². The van der Waals surface area contributed by atoms with Crippen LogP contribution in [-0.2, 0) is 10.2 Å². The van der Waals surface area contributed by atoms with Crippen molar-refractivity contribution in [1.82, 2.24) is 15.1 Å². The summed E-state index contributed by atoms with van der Waals surface area (Å²) in [5.74, 6) is 0.192. The molecule has 1 amide bonds. The van der Waals surface area contributed by atoms with Crippen LogP contribution in [0.1, 0.15) is 44.1 Å². The highest BCUT2D eigenvalue weighted by atomic mass is 35.5. The molecule has 0 unspecified atom stereocenters. The number of halogens is 1. The quantitative estimate of drug-likeness (QED) is 0.772. The van der Waals surface area contributed by atoms with Crippen LogP contribution in [0.4, 0.5) is 0 Å². The molecule has 26 heavy (non-hydrogen) atoms. The highest BCUT2D eigenvalue weighted by Gasteiger charge is 2.40. The number of rotatable bonds is 6. The molecule has 2 aliphatic rings. The van der Waals surface area contributed by atoms with E-state index < -0.39 is 5.41 Å². The Morgan fingerprint density at radius 1 is 1.15 bits per heavy atom. The van der Waals surface area contributed by atoms with E-state index in [0.29, 0.717) is 0 Å². The van der Waals surface area contributed by atoms with E-state index in [1.54, 1.807) is 0 Å². The molecule has 5 heteroatoms. The Morgan fingerprint density at radius 2 is 1.88 bits per heavy atom. The van der Waals surface area contributed by atoms with Crippen LogP contribution in [0.3, 0.4) is 0 Å². The summed E-state index contributed by atoms with van der Waals surface area (Å²) in [4.78, 5) is 18.0. The molecule has 3 rings (SSSR count). The lowest BCUT2D eigenvalue weighted by Crippen LogP contribution is -2.47. The van der Waals surface area contributed by atoms with Gasteiger partial charge in [-0.05, 0) is 50.6 Å². The first kappa shape index (κ1) is 19.7. The smallest absolute Gasteiger partial charge is 0.230 e. The lowest BCUT2D eigenvalue weighted by atomic mass is 9.68. The number of carbonyl (C=O) groups excluding carboxylic acids is 1. The summed E-state index contributed by atoms with van der Waals surface area (Å²) in [5.41, 5.74) is 0.693. The molecule has 0 aromatic heterocycles. The largest absolute Gasteiger partial charge is 0.355 e. The number of hydrogen-bond acceptors (Lipinski definition) is 3. The van der Waals surface area contributed by atoms with Crippen molar-refractivity contribution in [2.24, 2.45) is 0 Å². The summed E-state index contributed by atoms with van der Waals surface area (Å²) in [5, 5.41) is 3.96. The average molecular weight is 378 g/mol. The number of amides is 1. The van der Waals surface area contributed by atoms with E-state index in [0.717, 1.165) is 82.0 Å². The molecule has 1 aliphatic heterocycles. The molecular weight excluding hydrogens is 346 g/mol. The number of nitrogens with one attached hydrogen (secondary N) is 1. The molecule has 1 aliphatic carbocycles. The van der Waals surface area contributed by atoms with E-state index in [4.69, 9.17) is 11.6 Å². The maximum atomic E-state index is 13.2. The van der Waals surface area contributed by atoms with Gasteiger partial charge >= 0.3 is 0 Å². The number of carbonyl (C=O) groups is 1. The van der Waals surface area contributed by atoms with Gasteiger partial charge in [-0.1, -0.05) is 43.0 Å². The van der Waals surface area contributed by atoms with Gasteiger partial charge in [0, 0.05) is 37.7 Å². The average Bonchev–Trinajstić information content (AvgIpc) is 2.67. The topological polar surface area (TPSA) is 35.6 Å². The Bertz CT molecular complexity index is 593. The van der Waals surface area contributed by atoms with Gasteiger partial charge in [0.2, 0.25) is 5.91 Å². The fourth-order valence-corrected chi connectivity index (χ4v) is 4.52. The van der Waals surface area contributed by atoms with Crippen molar-refractivity contribution in [2.75, 3.05) is 46.3 Å². The van der Waals surface area contributed by atoms with Crippen molar-refractivity contribution in [1.29, 1.82) is 0 Å². The molecule has 1 aromatic rings. The number of nitrogens with zero attached hydrogens (tertiary/aromatic N) is 2. The minimum absolute atomic E-state index is 0.192. The molecule has 1 N–H and O–H groups in total. The van der Waals surface area contributed by atoms with E-state index in [-0.39, 0.29) is 5.91 Å². The molecule has 0 atom stereocenters. The first-order valence-electron chi connectivity index (χ1n) is 10.1. The Balaban J connectivity index is 1.55. The SMILES string of the molecule is CN1CCN(CCCNC(=O)C2(c3cccc(Cl)c3)CCCCC2)CC1. The number of benzene rings is 1. The van der Waals surface area contributed by atoms with Crippen molar-refractivity contribution in [3.8, 4) is 0 Å². The predicted molar refractivity (Wildman–Crippen MR) is 108 cm³/mol. The highest BCUT2D eigenvalue weighted by Crippen LogP contribution is 2.40. The third-order valence-electron chi connectivity index (χ3n) is 6.05. The van der Waals surface area contributed by atoms with Crippen LogP contribution >= 0.6 is 11.6 Å². The van der Waals surface area contributed by atoms with Crippen LogP contribution in [0, 0.1) is 0 Å². The van der Waals surface area contributed by atoms with Gasteiger partial charge in [-0.15, -0.1) is 0 Å². The summed E-state index contributed by atoms with van der Waals surface area (Å²) >= 11 is 6.21. The van der Waals surface area contributed by atoms with Crippen molar-refractivity contribution >= 4 is 17.5 Å². The molecule has 1 aromatic carbocycles. The van der Waals surface area contributed by atoms with Crippen LogP contribution in [-0.4, -0.2) is 62.0 Å². The zero-order valence-electron chi connectivity index (χ0n) is 16.0. The van der Waals surface area contributed by atoms with Crippen LogP contribution in [0.15, 0.2) is 24.3 Å². The molecule has 1 saturated heterocycles. The fourth-order valence-electron chi connectivity index (χ4n) is 4.33. The van der Waals surface area contributed by atoms with Crippen molar-refractivity contribution in [3.63, 3.8) is 0 Å². The molecule has 0 bridgehead atoms. The Kier molecular flexibility index (Phi) is 6.96. The molecule has 0 spiro atoms. The van der Waals surface area contributed by atoms with E-state index in [1.807, 2.05) is 18.2 Å². The summed E-state index contributed by atoms with van der Waals surface area (Å²) in [6.07, 6.45) is 6.32. The van der Waals surface area contributed by atoms with Gasteiger partial charge in [-0.3, -0.25) is 4.79 Å². The first-order valence-corrected chi connectivity index (χ1v) is 10.4. The monoisotopic (exact) mass is 377 g/mol. The summed E-state index contributed by atoms with van der Waals surface area (Å²) in [6, 6.07) is 7.90. The molecule has 4 nitrogen and oxygen atoms in total. The zero-order valence-corrected chi connectivity index (χ0v) is 16.7. The van der Waals surface area contributed by atoms with Crippen molar-refractivity contribution < 1.29 is 4.79 Å². The van der Waals surface area contributed by atoms with Crippen LogP contribution in [0.25, 0.3) is 0 Å². The maximum absolute atomic E-state index is 13.2. The second-order valence-corrected chi connectivity index (χ2v) is 8.34. The van der Waals surface area contributed by atoms with Crippen molar-refractivity contribution in [2.45, 2.75) is 43.9 Å². The third-order valence-corrected chi connectivity index (χ3v) is 6.29.